The molecule has 0 amide bonds. The molecule has 0 bridgehead atoms. The summed E-state index contributed by atoms with van der Waals surface area (Å²) in [5, 5.41) is 3.10. The van der Waals surface area contributed by atoms with Crippen molar-refractivity contribution in [2.45, 2.75) is 34.6 Å². The van der Waals surface area contributed by atoms with Gasteiger partial charge < -0.3 is 0 Å². The van der Waals surface area contributed by atoms with Gasteiger partial charge in [0, 0.05) is 23.1 Å². The Hall–Kier alpha value is -3.02. The van der Waals surface area contributed by atoms with Crippen molar-refractivity contribution in [1.82, 2.24) is 19.5 Å². The highest BCUT2D eigenvalue weighted by molar-refractivity contribution is 5.51. The second kappa shape index (κ2) is 6.47. The monoisotopic (exact) mass is 335 g/mol. The summed E-state index contributed by atoms with van der Waals surface area (Å²) in [5.41, 5.74) is 5.22. The van der Waals surface area contributed by atoms with Gasteiger partial charge in [-0.1, -0.05) is 6.07 Å². The second-order valence-electron chi connectivity index (χ2n) is 6.26. The Kier molecular flexibility index (Phi) is 4.35. The molecular formula is C19H21N5O. The van der Waals surface area contributed by atoms with Crippen molar-refractivity contribution in [3.63, 3.8) is 0 Å². The Balaban J connectivity index is 2.15. The number of rotatable bonds is 3. The molecule has 2 aromatic heterocycles. The van der Waals surface area contributed by atoms with Crippen molar-refractivity contribution in [1.29, 1.82) is 0 Å². The third kappa shape index (κ3) is 3.57. The number of nitrogens with zero attached hydrogens (tertiary/aromatic N) is 4. The summed E-state index contributed by atoms with van der Waals surface area (Å²) in [6, 6.07) is 9.29. The fraction of sp³-hybridized carbons (Fsp3) is 0.263. The van der Waals surface area contributed by atoms with Crippen LogP contribution >= 0.6 is 0 Å². The molecule has 0 fully saturated rings. The molecule has 0 saturated carbocycles. The summed E-state index contributed by atoms with van der Waals surface area (Å²) < 4.78 is 1.54. The van der Waals surface area contributed by atoms with E-state index in [1.54, 1.807) is 11.5 Å². The smallest absolute Gasteiger partial charge is 0.259 e. The zero-order chi connectivity index (χ0) is 18.1. The number of nitrogens with one attached hydrogen (secondary N) is 1. The minimum absolute atomic E-state index is 0.150. The van der Waals surface area contributed by atoms with Gasteiger partial charge in [-0.15, -0.1) is 0 Å². The topological polar surface area (TPSA) is 72.7 Å². The minimum atomic E-state index is -0.150. The molecule has 2 heterocycles. The van der Waals surface area contributed by atoms with Gasteiger partial charge in [-0.05, 0) is 63.9 Å². The molecule has 128 valence electrons. The van der Waals surface area contributed by atoms with Crippen LogP contribution in [0, 0.1) is 34.6 Å². The van der Waals surface area contributed by atoms with Gasteiger partial charge in [-0.2, -0.15) is 0 Å². The molecule has 25 heavy (non-hydrogen) atoms. The maximum absolute atomic E-state index is 12.6. The lowest BCUT2D eigenvalue weighted by molar-refractivity contribution is 0.916. The van der Waals surface area contributed by atoms with Gasteiger partial charge in [-0.3, -0.25) is 10.1 Å². The van der Waals surface area contributed by atoms with Crippen LogP contribution < -0.4 is 10.9 Å². The molecule has 1 N–H and O–H groups in total. The van der Waals surface area contributed by atoms with Crippen LogP contribution in [0.5, 0.6) is 0 Å². The molecule has 0 aliphatic heterocycles. The SMILES string of the molecule is Cc1cc(C)nc(Nc2nc(C)cc(=O)n2-c2ccc(C)c(C)c2)n1. The number of hydrogen-bond donors (Lipinski definition) is 1. The van der Waals surface area contributed by atoms with Crippen LogP contribution in [0.25, 0.3) is 5.69 Å². The first-order chi connectivity index (χ1) is 11.8. The van der Waals surface area contributed by atoms with Crippen LogP contribution in [-0.2, 0) is 0 Å². The number of aromatic nitrogens is 4. The Morgan fingerprint density at radius 3 is 2.08 bits per heavy atom. The highest BCUT2D eigenvalue weighted by Gasteiger charge is 2.12. The first kappa shape index (κ1) is 16.8. The lowest BCUT2D eigenvalue weighted by Crippen LogP contribution is -2.23. The van der Waals surface area contributed by atoms with E-state index in [1.165, 1.54) is 11.6 Å². The summed E-state index contributed by atoms with van der Waals surface area (Å²) in [5.74, 6) is 0.825. The Morgan fingerprint density at radius 2 is 1.44 bits per heavy atom. The number of hydrogen-bond acceptors (Lipinski definition) is 5. The Labute approximate surface area is 146 Å². The predicted octanol–water partition coefficient (Wildman–Crippen LogP) is 3.31. The van der Waals surface area contributed by atoms with Crippen molar-refractivity contribution in [3.05, 3.63) is 68.9 Å². The van der Waals surface area contributed by atoms with Crippen LogP contribution in [0.1, 0.15) is 28.2 Å². The fourth-order valence-electron chi connectivity index (χ4n) is 2.68. The van der Waals surface area contributed by atoms with E-state index in [4.69, 9.17) is 0 Å². The molecule has 0 aliphatic rings. The molecule has 0 aliphatic carbocycles. The molecule has 0 atom stereocenters. The molecule has 0 saturated heterocycles. The van der Waals surface area contributed by atoms with Crippen LogP contribution in [0.2, 0.25) is 0 Å². The summed E-state index contributed by atoms with van der Waals surface area (Å²) >= 11 is 0. The van der Waals surface area contributed by atoms with E-state index in [2.05, 4.69) is 20.3 Å². The number of anilines is 2. The Bertz CT molecular complexity index is 987. The third-order valence-corrected chi connectivity index (χ3v) is 4.00. The van der Waals surface area contributed by atoms with Crippen LogP contribution in [-0.4, -0.2) is 19.5 Å². The summed E-state index contributed by atoms with van der Waals surface area (Å²) in [7, 11) is 0. The summed E-state index contributed by atoms with van der Waals surface area (Å²) in [6.45, 7) is 9.66. The van der Waals surface area contributed by atoms with E-state index < -0.39 is 0 Å². The zero-order valence-corrected chi connectivity index (χ0v) is 15.1. The summed E-state index contributed by atoms with van der Waals surface area (Å²) in [4.78, 5) is 25.9. The average Bonchev–Trinajstić information content (AvgIpc) is 2.49. The lowest BCUT2D eigenvalue weighted by atomic mass is 10.1. The molecule has 0 spiro atoms. The molecule has 6 heteroatoms. The van der Waals surface area contributed by atoms with Crippen molar-refractivity contribution < 1.29 is 0 Å². The number of benzene rings is 1. The van der Waals surface area contributed by atoms with Crippen LogP contribution in [0.15, 0.2) is 35.1 Å². The molecule has 0 radical (unpaired) electrons. The van der Waals surface area contributed by atoms with Crippen molar-refractivity contribution in [2.24, 2.45) is 0 Å². The van der Waals surface area contributed by atoms with Gasteiger partial charge in [0.15, 0.2) is 0 Å². The normalized spacial score (nSPS) is 10.8. The average molecular weight is 335 g/mol. The van der Waals surface area contributed by atoms with Gasteiger partial charge in [0.25, 0.3) is 5.56 Å². The molecule has 6 nitrogen and oxygen atoms in total. The van der Waals surface area contributed by atoms with Gasteiger partial charge >= 0.3 is 0 Å². The fourth-order valence-corrected chi connectivity index (χ4v) is 2.68. The molecule has 3 rings (SSSR count). The molecular weight excluding hydrogens is 314 g/mol. The van der Waals surface area contributed by atoms with E-state index in [9.17, 15) is 4.79 Å². The van der Waals surface area contributed by atoms with E-state index >= 15 is 0 Å². The molecule has 1 aromatic carbocycles. The molecule has 3 aromatic rings. The van der Waals surface area contributed by atoms with Gasteiger partial charge in [-0.25, -0.2) is 19.5 Å². The van der Waals surface area contributed by atoms with E-state index in [-0.39, 0.29) is 5.56 Å². The van der Waals surface area contributed by atoms with Crippen molar-refractivity contribution in [2.75, 3.05) is 5.32 Å². The lowest BCUT2D eigenvalue weighted by Gasteiger charge is -2.15. The van der Waals surface area contributed by atoms with E-state index in [0.29, 0.717) is 17.6 Å². The van der Waals surface area contributed by atoms with E-state index in [0.717, 1.165) is 22.6 Å². The zero-order valence-electron chi connectivity index (χ0n) is 15.1. The second-order valence-corrected chi connectivity index (χ2v) is 6.26. The minimum Gasteiger partial charge on any atom is -0.294 e. The largest absolute Gasteiger partial charge is 0.294 e. The van der Waals surface area contributed by atoms with Crippen molar-refractivity contribution in [3.8, 4) is 5.69 Å². The quantitative estimate of drug-likeness (QED) is 0.795. The van der Waals surface area contributed by atoms with Gasteiger partial charge in [0.1, 0.15) is 0 Å². The van der Waals surface area contributed by atoms with Crippen LogP contribution in [0.4, 0.5) is 11.9 Å². The standard InChI is InChI=1S/C19H21N5O/c1-11-6-7-16(8-12(11)2)24-17(25)10-15(5)22-19(24)23-18-20-13(3)9-14(4)21-18/h6-10H,1-5H3,(H,20,21,22,23). The first-order valence-corrected chi connectivity index (χ1v) is 8.11. The Morgan fingerprint density at radius 1 is 0.800 bits per heavy atom. The highest BCUT2D eigenvalue weighted by Crippen LogP contribution is 2.18. The molecule has 0 unspecified atom stereocenters. The highest BCUT2D eigenvalue weighted by atomic mass is 16.1. The summed E-state index contributed by atoms with van der Waals surface area (Å²) in [6.07, 6.45) is 0. The maximum Gasteiger partial charge on any atom is 0.259 e. The maximum atomic E-state index is 12.6. The van der Waals surface area contributed by atoms with Gasteiger partial charge in [0.2, 0.25) is 11.9 Å². The van der Waals surface area contributed by atoms with E-state index in [1.807, 2.05) is 52.0 Å². The van der Waals surface area contributed by atoms with Crippen LogP contribution in [0.3, 0.4) is 0 Å². The third-order valence-electron chi connectivity index (χ3n) is 4.00. The van der Waals surface area contributed by atoms with Crippen molar-refractivity contribution >= 4 is 11.9 Å². The number of aryl methyl sites for hydroxylation is 5. The van der Waals surface area contributed by atoms with Gasteiger partial charge in [0.05, 0.1) is 5.69 Å². The predicted molar refractivity (Wildman–Crippen MR) is 98.8 cm³/mol. The first-order valence-electron chi connectivity index (χ1n) is 8.11.